The number of nitrogens with two attached hydrogens (primary N) is 1. The molecule has 0 fully saturated rings. The smallest absolute Gasteiger partial charge is 0.404 e. The third kappa shape index (κ3) is 27.2. The number of carbonyl (C=O) groups is 1. The highest BCUT2D eigenvalue weighted by Crippen LogP contribution is 2.11. The zero-order chi connectivity index (χ0) is 17.7. The SMILES string of the molecule is CCOC(N)=O.N=C=O.N=C=O.OCC(CO)(CO)CO. The van der Waals surface area contributed by atoms with Crippen molar-refractivity contribution in [3.63, 3.8) is 0 Å². The topological polar surface area (TPSA) is 215 Å². The van der Waals surface area contributed by atoms with Gasteiger partial charge < -0.3 is 30.9 Å². The van der Waals surface area contributed by atoms with Gasteiger partial charge in [0.2, 0.25) is 12.2 Å². The van der Waals surface area contributed by atoms with Crippen LogP contribution in [0.1, 0.15) is 6.92 Å². The molecule has 0 aliphatic heterocycles. The second-order valence-corrected chi connectivity index (χ2v) is 3.09. The third-order valence-electron chi connectivity index (χ3n) is 1.63. The molecule has 0 aliphatic carbocycles. The monoisotopic (exact) mass is 311 g/mol. The Morgan fingerprint density at radius 2 is 1.29 bits per heavy atom. The molecule has 0 radical (unpaired) electrons. The Labute approximate surface area is 121 Å². The van der Waals surface area contributed by atoms with Crippen LogP contribution < -0.4 is 5.73 Å². The molecule has 21 heavy (non-hydrogen) atoms. The van der Waals surface area contributed by atoms with Gasteiger partial charge in [0.1, 0.15) is 0 Å². The van der Waals surface area contributed by atoms with Crippen molar-refractivity contribution in [1.82, 2.24) is 0 Å². The largest absolute Gasteiger partial charge is 0.450 e. The van der Waals surface area contributed by atoms with E-state index in [0.29, 0.717) is 6.61 Å². The molecule has 0 bridgehead atoms. The van der Waals surface area contributed by atoms with Gasteiger partial charge in [0.25, 0.3) is 0 Å². The molecule has 11 nitrogen and oxygen atoms in total. The van der Waals surface area contributed by atoms with Crippen LogP contribution in [0.4, 0.5) is 4.79 Å². The van der Waals surface area contributed by atoms with E-state index in [-0.39, 0.29) is 0 Å². The maximum absolute atomic E-state index is 9.60. The van der Waals surface area contributed by atoms with E-state index in [1.54, 1.807) is 6.92 Å². The molecule has 0 heterocycles. The van der Waals surface area contributed by atoms with Crippen LogP contribution in [0.3, 0.4) is 0 Å². The van der Waals surface area contributed by atoms with Crippen LogP contribution in [-0.4, -0.2) is 71.7 Å². The Morgan fingerprint density at radius 3 is 1.29 bits per heavy atom. The highest BCUT2D eigenvalue weighted by Gasteiger charge is 2.26. The summed E-state index contributed by atoms with van der Waals surface area (Å²) in [7, 11) is 0. The van der Waals surface area contributed by atoms with Crippen molar-refractivity contribution in [2.45, 2.75) is 6.92 Å². The van der Waals surface area contributed by atoms with E-state index in [4.69, 9.17) is 40.8 Å². The average Bonchev–Trinajstić information content (AvgIpc) is 2.44. The molecule has 0 aromatic carbocycles. The zero-order valence-electron chi connectivity index (χ0n) is 11.5. The van der Waals surface area contributed by atoms with Gasteiger partial charge in [-0.25, -0.2) is 25.2 Å². The standard InChI is InChI=1S/C5H12O4.C3H7NO2.2CHNO/c6-1-5(2-7,3-8)4-9;1-2-6-3(4)5;2*2-1-3/h6-9H,1-4H2;2H2,1H3,(H2,4,5);2*2H. The maximum atomic E-state index is 9.60. The second kappa shape index (κ2) is 23.0. The Hall–Kier alpha value is -2.13. The molecule has 1 amide bonds. The normalized spacial score (nSPS) is 8.05. The number of ether oxygens (including phenoxy) is 1. The fourth-order valence-corrected chi connectivity index (χ4v) is 0.442. The molecule has 0 aliphatic rings. The summed E-state index contributed by atoms with van der Waals surface area (Å²) in [5.74, 6) is 0. The first-order chi connectivity index (χ1) is 9.84. The molecule has 124 valence electrons. The van der Waals surface area contributed by atoms with Gasteiger partial charge in [0.05, 0.1) is 38.4 Å². The minimum atomic E-state index is -1.11. The Balaban J connectivity index is -0.000000104. The number of amides is 1. The lowest BCUT2D eigenvalue weighted by atomic mass is 9.93. The zero-order valence-corrected chi connectivity index (χ0v) is 11.5. The molecule has 0 rings (SSSR count). The van der Waals surface area contributed by atoms with Gasteiger partial charge in [-0.15, -0.1) is 0 Å². The third-order valence-corrected chi connectivity index (χ3v) is 1.63. The van der Waals surface area contributed by atoms with Crippen LogP contribution in [0, 0.1) is 16.2 Å². The number of hydrogen-bond acceptors (Lipinski definition) is 10. The Bertz CT molecular complexity index is 265. The number of primary amides is 1. The second-order valence-electron chi connectivity index (χ2n) is 3.09. The molecule has 0 atom stereocenters. The van der Waals surface area contributed by atoms with Gasteiger partial charge >= 0.3 is 6.09 Å². The predicted molar refractivity (Wildman–Crippen MR) is 68.8 cm³/mol. The summed E-state index contributed by atoms with van der Waals surface area (Å²) in [6.07, 6.45) is 0.789. The highest BCUT2D eigenvalue weighted by atomic mass is 16.5. The first-order valence-electron chi connectivity index (χ1n) is 5.28. The Morgan fingerprint density at radius 1 is 1.05 bits per heavy atom. The van der Waals surface area contributed by atoms with E-state index in [0.717, 1.165) is 12.2 Å². The molecule has 0 saturated heterocycles. The summed E-state index contributed by atoms with van der Waals surface area (Å²) in [4.78, 5) is 26.3. The summed E-state index contributed by atoms with van der Waals surface area (Å²) in [6.45, 7) is 0.431. The van der Waals surface area contributed by atoms with Crippen LogP contribution in [0.15, 0.2) is 0 Å². The number of isocyanates is 2. The van der Waals surface area contributed by atoms with Gasteiger partial charge in [0, 0.05) is 0 Å². The molecule has 8 N–H and O–H groups in total. The van der Waals surface area contributed by atoms with Crippen LogP contribution in [0.25, 0.3) is 0 Å². The molecule has 0 aromatic rings. The lowest BCUT2D eigenvalue weighted by Gasteiger charge is -2.23. The fraction of sp³-hybridized carbons (Fsp3) is 0.700. The van der Waals surface area contributed by atoms with Gasteiger partial charge in [-0.05, 0) is 6.92 Å². The van der Waals surface area contributed by atoms with Crippen LogP contribution in [-0.2, 0) is 14.3 Å². The number of rotatable bonds is 5. The van der Waals surface area contributed by atoms with Crippen molar-refractivity contribution in [2.24, 2.45) is 11.1 Å². The quantitative estimate of drug-likeness (QED) is 0.219. The highest BCUT2D eigenvalue weighted by molar-refractivity contribution is 5.64. The van der Waals surface area contributed by atoms with E-state index in [1.165, 1.54) is 0 Å². The van der Waals surface area contributed by atoms with Gasteiger partial charge in [-0.3, -0.25) is 0 Å². The maximum Gasteiger partial charge on any atom is 0.404 e. The number of hydrogen-bond donors (Lipinski definition) is 7. The van der Waals surface area contributed by atoms with E-state index in [1.807, 2.05) is 0 Å². The summed E-state index contributed by atoms with van der Waals surface area (Å²) in [5.41, 5.74) is 3.43. The van der Waals surface area contributed by atoms with Crippen LogP contribution in [0.2, 0.25) is 0 Å². The lowest BCUT2D eigenvalue weighted by Crippen LogP contribution is -2.37. The van der Waals surface area contributed by atoms with Crippen molar-refractivity contribution >= 4 is 18.3 Å². The number of carbonyl (C=O) groups excluding carboxylic acids is 3. The summed E-state index contributed by atoms with van der Waals surface area (Å²) >= 11 is 0. The molecule has 11 heteroatoms. The first-order valence-corrected chi connectivity index (χ1v) is 5.28. The summed E-state index contributed by atoms with van der Waals surface area (Å²) < 4.78 is 4.18. The van der Waals surface area contributed by atoms with E-state index in [2.05, 4.69) is 10.5 Å². The lowest BCUT2D eigenvalue weighted by molar-refractivity contribution is -0.0328. The summed E-state index contributed by atoms with van der Waals surface area (Å²) in [6, 6.07) is 0. The van der Waals surface area contributed by atoms with Gasteiger partial charge in [0.15, 0.2) is 0 Å². The van der Waals surface area contributed by atoms with Crippen molar-refractivity contribution in [3.8, 4) is 0 Å². The molecular weight excluding hydrogens is 290 g/mol. The van der Waals surface area contributed by atoms with E-state index in [9.17, 15) is 4.79 Å². The number of nitrogens with one attached hydrogen (secondary N) is 2. The van der Waals surface area contributed by atoms with Crippen molar-refractivity contribution in [2.75, 3.05) is 33.0 Å². The van der Waals surface area contributed by atoms with E-state index < -0.39 is 37.9 Å². The average molecular weight is 311 g/mol. The molecular formula is C10H21N3O8. The van der Waals surface area contributed by atoms with Crippen molar-refractivity contribution in [3.05, 3.63) is 0 Å². The minimum absolute atomic E-state index is 0.356. The predicted octanol–water partition coefficient (Wildman–Crippen LogP) is -2.15. The number of aliphatic hydroxyl groups is 4. The van der Waals surface area contributed by atoms with Crippen molar-refractivity contribution in [1.29, 1.82) is 10.8 Å². The fourth-order valence-electron chi connectivity index (χ4n) is 0.442. The molecule has 0 spiro atoms. The van der Waals surface area contributed by atoms with Crippen LogP contribution in [0.5, 0.6) is 0 Å². The van der Waals surface area contributed by atoms with Crippen LogP contribution >= 0.6 is 0 Å². The Kier molecular flexibility index (Phi) is 29.8. The van der Waals surface area contributed by atoms with Crippen molar-refractivity contribution < 1.29 is 39.5 Å². The first kappa shape index (κ1) is 27.3. The van der Waals surface area contributed by atoms with Gasteiger partial charge in [-0.1, -0.05) is 0 Å². The number of aliphatic hydroxyl groups excluding tert-OH is 4. The minimum Gasteiger partial charge on any atom is -0.450 e. The van der Waals surface area contributed by atoms with Gasteiger partial charge in [-0.2, -0.15) is 0 Å². The molecule has 0 aromatic heterocycles. The summed E-state index contributed by atoms with van der Waals surface area (Å²) in [5, 5.41) is 44.8. The molecule has 0 saturated carbocycles. The molecule has 0 unspecified atom stereocenters. The van der Waals surface area contributed by atoms with E-state index >= 15 is 0 Å².